The molecule has 1 aromatic rings. The van der Waals surface area contributed by atoms with Gasteiger partial charge < -0.3 is 0 Å². The molecule has 112 valence electrons. The third-order valence-corrected chi connectivity index (χ3v) is 4.15. The number of sulfonamides is 1. The number of aryl methyl sites for hydroxylation is 1. The van der Waals surface area contributed by atoms with E-state index in [9.17, 15) is 13.2 Å². The predicted molar refractivity (Wildman–Crippen MR) is 75.7 cm³/mol. The molecule has 20 heavy (non-hydrogen) atoms. The summed E-state index contributed by atoms with van der Waals surface area (Å²) >= 11 is 0. The first-order valence-electron chi connectivity index (χ1n) is 6.05. The van der Waals surface area contributed by atoms with Crippen LogP contribution in [0.1, 0.15) is 36.7 Å². The third-order valence-electron chi connectivity index (χ3n) is 2.40. The highest BCUT2D eigenvalue weighted by Gasteiger charge is 2.23. The van der Waals surface area contributed by atoms with E-state index in [0.717, 1.165) is 0 Å². The SMILES string of the molecule is CONC(=O)c1cc(S(=O)(=O)NC(C)(C)C)ccc1C. The summed E-state index contributed by atoms with van der Waals surface area (Å²) in [4.78, 5) is 16.4. The average Bonchev–Trinajstić information content (AvgIpc) is 2.26. The molecule has 1 amide bonds. The first-order chi connectivity index (χ1) is 9.07. The van der Waals surface area contributed by atoms with Crippen LogP contribution in [0.5, 0.6) is 0 Å². The van der Waals surface area contributed by atoms with E-state index in [4.69, 9.17) is 0 Å². The Hall–Kier alpha value is -1.44. The zero-order valence-corrected chi connectivity index (χ0v) is 13.1. The van der Waals surface area contributed by atoms with Crippen LogP contribution in [-0.4, -0.2) is 27.0 Å². The van der Waals surface area contributed by atoms with E-state index in [0.29, 0.717) is 5.56 Å². The lowest BCUT2D eigenvalue weighted by Crippen LogP contribution is -2.40. The van der Waals surface area contributed by atoms with Crippen LogP contribution in [0, 0.1) is 6.92 Å². The van der Waals surface area contributed by atoms with Gasteiger partial charge in [0.25, 0.3) is 5.91 Å². The number of hydrogen-bond acceptors (Lipinski definition) is 4. The number of nitrogens with one attached hydrogen (secondary N) is 2. The molecule has 6 nitrogen and oxygen atoms in total. The van der Waals surface area contributed by atoms with E-state index >= 15 is 0 Å². The molecule has 0 bridgehead atoms. The fraction of sp³-hybridized carbons (Fsp3) is 0.462. The Morgan fingerprint density at radius 1 is 1.25 bits per heavy atom. The number of rotatable bonds is 4. The van der Waals surface area contributed by atoms with Crippen molar-refractivity contribution in [2.24, 2.45) is 0 Å². The Balaban J connectivity index is 3.22. The van der Waals surface area contributed by atoms with E-state index < -0.39 is 21.5 Å². The highest BCUT2D eigenvalue weighted by atomic mass is 32.2. The second-order valence-electron chi connectivity index (χ2n) is 5.47. The Kier molecular flexibility index (Phi) is 4.90. The molecule has 0 heterocycles. The van der Waals surface area contributed by atoms with Gasteiger partial charge in [0, 0.05) is 11.1 Å². The molecule has 0 saturated heterocycles. The predicted octanol–water partition coefficient (Wildman–Crippen LogP) is 1.36. The molecular formula is C13H20N2O4S. The Morgan fingerprint density at radius 2 is 1.85 bits per heavy atom. The molecule has 0 aliphatic rings. The standard InChI is InChI=1S/C13H20N2O4S/c1-9-6-7-10(8-11(9)12(16)14-19-5)20(17,18)15-13(2,3)4/h6-8,15H,1-5H3,(H,14,16). The van der Waals surface area contributed by atoms with E-state index in [-0.39, 0.29) is 10.5 Å². The average molecular weight is 300 g/mol. The molecule has 0 fully saturated rings. The first kappa shape index (κ1) is 16.6. The van der Waals surface area contributed by atoms with E-state index in [1.807, 2.05) is 0 Å². The van der Waals surface area contributed by atoms with Crippen LogP contribution >= 0.6 is 0 Å². The maximum absolute atomic E-state index is 12.2. The minimum Gasteiger partial charge on any atom is -0.277 e. The van der Waals surface area contributed by atoms with Crippen molar-refractivity contribution < 1.29 is 18.0 Å². The van der Waals surface area contributed by atoms with Crippen LogP contribution in [-0.2, 0) is 14.9 Å². The lowest BCUT2D eigenvalue weighted by molar-refractivity contribution is 0.0537. The van der Waals surface area contributed by atoms with Gasteiger partial charge in [0.15, 0.2) is 0 Å². The van der Waals surface area contributed by atoms with Crippen molar-refractivity contribution in [2.75, 3.05) is 7.11 Å². The van der Waals surface area contributed by atoms with Gasteiger partial charge in [-0.3, -0.25) is 9.63 Å². The number of amides is 1. The summed E-state index contributed by atoms with van der Waals surface area (Å²) in [6, 6.07) is 4.38. The molecule has 7 heteroatoms. The van der Waals surface area contributed by atoms with Crippen LogP contribution in [0.25, 0.3) is 0 Å². The summed E-state index contributed by atoms with van der Waals surface area (Å²) in [5.74, 6) is -0.488. The summed E-state index contributed by atoms with van der Waals surface area (Å²) < 4.78 is 27.0. The minimum atomic E-state index is -3.68. The first-order valence-corrected chi connectivity index (χ1v) is 7.53. The van der Waals surface area contributed by atoms with Crippen molar-refractivity contribution >= 4 is 15.9 Å². The van der Waals surface area contributed by atoms with Crippen LogP contribution in [0.15, 0.2) is 23.1 Å². The van der Waals surface area contributed by atoms with Gasteiger partial charge in [-0.1, -0.05) is 6.07 Å². The smallest absolute Gasteiger partial charge is 0.275 e. The maximum atomic E-state index is 12.2. The molecule has 0 atom stereocenters. The molecule has 0 aromatic heterocycles. The largest absolute Gasteiger partial charge is 0.277 e. The van der Waals surface area contributed by atoms with Gasteiger partial charge in [0.05, 0.1) is 12.0 Å². The summed E-state index contributed by atoms with van der Waals surface area (Å²) in [5.41, 5.74) is 2.49. The highest BCUT2D eigenvalue weighted by Crippen LogP contribution is 2.17. The summed E-state index contributed by atoms with van der Waals surface area (Å²) in [6.07, 6.45) is 0. The molecule has 2 N–H and O–H groups in total. The molecule has 1 rings (SSSR count). The molecule has 0 spiro atoms. The van der Waals surface area contributed by atoms with Crippen LogP contribution < -0.4 is 10.2 Å². The zero-order valence-electron chi connectivity index (χ0n) is 12.3. The van der Waals surface area contributed by atoms with Crippen molar-refractivity contribution in [3.8, 4) is 0 Å². The van der Waals surface area contributed by atoms with Crippen LogP contribution in [0.4, 0.5) is 0 Å². The van der Waals surface area contributed by atoms with E-state index in [1.165, 1.54) is 19.2 Å². The van der Waals surface area contributed by atoms with E-state index in [2.05, 4.69) is 15.0 Å². The van der Waals surface area contributed by atoms with Gasteiger partial charge in [0.2, 0.25) is 10.0 Å². The van der Waals surface area contributed by atoms with Gasteiger partial charge in [-0.2, -0.15) is 0 Å². The summed E-state index contributed by atoms with van der Waals surface area (Å²) in [6.45, 7) is 6.96. The van der Waals surface area contributed by atoms with Gasteiger partial charge >= 0.3 is 0 Å². The summed E-state index contributed by atoms with van der Waals surface area (Å²) in [7, 11) is -2.36. The van der Waals surface area contributed by atoms with Crippen LogP contribution in [0.2, 0.25) is 0 Å². The highest BCUT2D eigenvalue weighted by molar-refractivity contribution is 7.89. The van der Waals surface area contributed by atoms with Crippen molar-refractivity contribution in [1.82, 2.24) is 10.2 Å². The van der Waals surface area contributed by atoms with Crippen molar-refractivity contribution in [3.63, 3.8) is 0 Å². The maximum Gasteiger partial charge on any atom is 0.275 e. The number of hydroxylamine groups is 1. The van der Waals surface area contributed by atoms with E-state index in [1.54, 1.807) is 33.8 Å². The second kappa shape index (κ2) is 5.90. The summed E-state index contributed by atoms with van der Waals surface area (Å²) in [5, 5.41) is 0. The monoisotopic (exact) mass is 300 g/mol. The quantitative estimate of drug-likeness (QED) is 0.822. The molecule has 0 unspecified atom stereocenters. The molecule has 0 aliphatic carbocycles. The van der Waals surface area contributed by atoms with Gasteiger partial charge in [-0.15, -0.1) is 0 Å². The Labute approximate surface area is 119 Å². The van der Waals surface area contributed by atoms with Crippen molar-refractivity contribution in [3.05, 3.63) is 29.3 Å². The van der Waals surface area contributed by atoms with Gasteiger partial charge in [-0.25, -0.2) is 18.6 Å². The van der Waals surface area contributed by atoms with Crippen molar-refractivity contribution in [2.45, 2.75) is 38.1 Å². The van der Waals surface area contributed by atoms with Crippen molar-refractivity contribution in [1.29, 1.82) is 0 Å². The lowest BCUT2D eigenvalue weighted by Gasteiger charge is -2.20. The minimum absolute atomic E-state index is 0.0410. The number of hydrogen-bond donors (Lipinski definition) is 2. The Bertz CT molecular complexity index is 603. The molecule has 0 saturated carbocycles. The third kappa shape index (κ3) is 4.29. The fourth-order valence-corrected chi connectivity index (χ4v) is 3.07. The second-order valence-corrected chi connectivity index (χ2v) is 7.15. The van der Waals surface area contributed by atoms with Gasteiger partial charge in [0.1, 0.15) is 0 Å². The normalized spacial score (nSPS) is 12.2. The molecule has 1 aromatic carbocycles. The number of carbonyl (C=O) groups excluding carboxylic acids is 1. The Morgan fingerprint density at radius 3 is 2.35 bits per heavy atom. The van der Waals surface area contributed by atoms with Crippen LogP contribution in [0.3, 0.4) is 0 Å². The molecule has 0 radical (unpaired) electrons. The lowest BCUT2D eigenvalue weighted by atomic mass is 10.1. The topological polar surface area (TPSA) is 84.5 Å². The molecular weight excluding hydrogens is 280 g/mol. The number of benzene rings is 1. The fourth-order valence-electron chi connectivity index (χ4n) is 1.62. The zero-order chi connectivity index (χ0) is 15.6. The molecule has 0 aliphatic heterocycles. The number of carbonyl (C=O) groups is 1. The van der Waals surface area contributed by atoms with Gasteiger partial charge in [-0.05, 0) is 45.4 Å².